The number of anilines is 1. The van der Waals surface area contributed by atoms with Gasteiger partial charge in [-0.15, -0.1) is 0 Å². The van der Waals surface area contributed by atoms with Crippen molar-refractivity contribution < 1.29 is 4.39 Å². The minimum atomic E-state index is -0.444. The number of pyridine rings is 1. The number of aryl methyl sites for hydroxylation is 2. The molecule has 2 atom stereocenters. The van der Waals surface area contributed by atoms with Gasteiger partial charge in [-0.05, 0) is 91.8 Å². The third-order valence-electron chi connectivity index (χ3n) is 6.13. The fraction of sp³-hybridized carbons (Fsp3) is 0.154. The Bertz CT molecular complexity index is 1340. The molecule has 4 aromatic rings. The van der Waals surface area contributed by atoms with Crippen LogP contribution < -0.4 is 10.2 Å². The smallest absolute Gasteiger partial charge is 0.174 e. The predicted molar refractivity (Wildman–Crippen MR) is 135 cm³/mol. The monoisotopic (exact) mass is 476 g/mol. The molecule has 2 aromatic heterocycles. The number of rotatable bonds is 4. The summed E-state index contributed by atoms with van der Waals surface area (Å²) in [7, 11) is 0. The molecule has 0 aliphatic carbocycles. The van der Waals surface area contributed by atoms with Crippen molar-refractivity contribution in [2.75, 3.05) is 4.90 Å². The highest BCUT2D eigenvalue weighted by molar-refractivity contribution is 7.80. The Kier molecular flexibility index (Phi) is 5.64. The minimum absolute atomic E-state index is 0.0829. The van der Waals surface area contributed by atoms with Crippen LogP contribution in [-0.2, 0) is 0 Å². The summed E-state index contributed by atoms with van der Waals surface area (Å²) in [6, 6.07) is 20.6. The first-order valence-corrected chi connectivity index (χ1v) is 11.4. The van der Waals surface area contributed by atoms with E-state index in [9.17, 15) is 4.39 Å². The first kappa shape index (κ1) is 21.6. The molecule has 1 saturated heterocycles. The molecule has 0 saturated carbocycles. The highest BCUT2D eigenvalue weighted by Gasteiger charge is 2.42. The van der Waals surface area contributed by atoms with Crippen molar-refractivity contribution in [1.82, 2.24) is 14.9 Å². The van der Waals surface area contributed by atoms with Crippen molar-refractivity contribution in [3.05, 3.63) is 112 Å². The second kappa shape index (κ2) is 8.61. The average molecular weight is 477 g/mol. The van der Waals surface area contributed by atoms with Crippen molar-refractivity contribution >= 4 is 34.6 Å². The quantitative estimate of drug-likeness (QED) is 0.343. The van der Waals surface area contributed by atoms with Gasteiger partial charge in [-0.3, -0.25) is 4.98 Å². The van der Waals surface area contributed by atoms with E-state index in [1.165, 1.54) is 17.2 Å². The second-order valence-electron chi connectivity index (χ2n) is 8.17. The van der Waals surface area contributed by atoms with E-state index in [0.717, 1.165) is 22.8 Å². The third kappa shape index (κ3) is 3.90. The lowest BCUT2D eigenvalue weighted by molar-refractivity contribution is 0.549. The van der Waals surface area contributed by atoms with Gasteiger partial charge in [0.05, 0.1) is 16.8 Å². The lowest BCUT2D eigenvalue weighted by Crippen LogP contribution is -2.30. The summed E-state index contributed by atoms with van der Waals surface area (Å²) >= 11 is 11.9. The molecule has 5 rings (SSSR count). The minimum Gasteiger partial charge on any atom is -0.351 e. The first-order valence-electron chi connectivity index (χ1n) is 10.6. The topological polar surface area (TPSA) is 33.1 Å². The maximum atomic E-state index is 13.8. The van der Waals surface area contributed by atoms with Gasteiger partial charge in [0, 0.05) is 29.5 Å². The Morgan fingerprint density at radius 1 is 0.970 bits per heavy atom. The Morgan fingerprint density at radius 2 is 1.79 bits per heavy atom. The van der Waals surface area contributed by atoms with Crippen LogP contribution in [0, 0.1) is 19.7 Å². The van der Waals surface area contributed by atoms with E-state index in [-0.39, 0.29) is 17.1 Å². The molecular formula is C26H22ClFN4S. The van der Waals surface area contributed by atoms with Gasteiger partial charge >= 0.3 is 0 Å². The number of nitrogens with zero attached hydrogens (tertiary/aromatic N) is 3. The van der Waals surface area contributed by atoms with Crippen molar-refractivity contribution in [3.8, 4) is 5.69 Å². The van der Waals surface area contributed by atoms with Gasteiger partial charge in [0.15, 0.2) is 5.11 Å². The molecule has 2 aromatic carbocycles. The fourth-order valence-electron chi connectivity index (χ4n) is 4.31. The number of thiocarbonyl (C=S) groups is 1. The molecule has 1 aliphatic rings. The Hall–Kier alpha value is -3.22. The molecule has 1 N–H and O–H groups in total. The highest BCUT2D eigenvalue weighted by Crippen LogP contribution is 2.42. The Labute approximate surface area is 202 Å². The van der Waals surface area contributed by atoms with Crippen molar-refractivity contribution in [2.45, 2.75) is 25.9 Å². The van der Waals surface area contributed by atoms with Crippen LogP contribution in [0.4, 0.5) is 10.1 Å². The van der Waals surface area contributed by atoms with Gasteiger partial charge in [0.2, 0.25) is 0 Å². The van der Waals surface area contributed by atoms with Gasteiger partial charge in [0.1, 0.15) is 11.9 Å². The summed E-state index contributed by atoms with van der Waals surface area (Å²) in [4.78, 5) is 6.75. The molecule has 2 unspecified atom stereocenters. The van der Waals surface area contributed by atoms with Gasteiger partial charge in [0.25, 0.3) is 0 Å². The molecule has 0 spiro atoms. The zero-order chi connectivity index (χ0) is 23.1. The van der Waals surface area contributed by atoms with Crippen molar-refractivity contribution in [3.63, 3.8) is 0 Å². The predicted octanol–water partition coefficient (Wildman–Crippen LogP) is 6.46. The third-order valence-corrected chi connectivity index (χ3v) is 6.74. The van der Waals surface area contributed by atoms with E-state index in [1.54, 1.807) is 18.3 Å². The maximum Gasteiger partial charge on any atom is 0.174 e. The van der Waals surface area contributed by atoms with E-state index in [0.29, 0.717) is 5.11 Å². The number of nitrogens with one attached hydrogen (secondary N) is 1. The molecule has 0 radical (unpaired) electrons. The normalized spacial score (nSPS) is 17.9. The molecule has 7 heteroatoms. The van der Waals surface area contributed by atoms with Crippen LogP contribution in [0.1, 0.15) is 34.6 Å². The van der Waals surface area contributed by atoms with Gasteiger partial charge in [-0.25, -0.2) is 4.39 Å². The van der Waals surface area contributed by atoms with E-state index in [4.69, 9.17) is 23.8 Å². The van der Waals surface area contributed by atoms with E-state index < -0.39 is 5.82 Å². The van der Waals surface area contributed by atoms with Gasteiger partial charge < -0.3 is 14.8 Å². The number of hydrogen-bond acceptors (Lipinski definition) is 2. The lowest BCUT2D eigenvalue weighted by atomic mass is 10.00. The molecule has 166 valence electrons. The van der Waals surface area contributed by atoms with E-state index in [1.807, 2.05) is 35.0 Å². The maximum absolute atomic E-state index is 13.8. The van der Waals surface area contributed by atoms with Crippen LogP contribution in [0.5, 0.6) is 0 Å². The van der Waals surface area contributed by atoms with Crippen LogP contribution in [0.3, 0.4) is 0 Å². The molecule has 1 aliphatic heterocycles. The SMILES string of the molecule is Cc1ccc(N2C(=S)NC(c3ccccn3)C2c2cccn2-c2ccc(F)c(Cl)c2)cc1C. The molecule has 0 bridgehead atoms. The number of halogens is 2. The van der Waals surface area contributed by atoms with Crippen LogP contribution in [0.2, 0.25) is 5.02 Å². The van der Waals surface area contributed by atoms with Crippen LogP contribution in [-0.4, -0.2) is 14.7 Å². The van der Waals surface area contributed by atoms with Crippen molar-refractivity contribution in [1.29, 1.82) is 0 Å². The Balaban J connectivity index is 1.68. The average Bonchev–Trinajstić information content (AvgIpc) is 3.42. The zero-order valence-corrected chi connectivity index (χ0v) is 19.7. The number of hydrogen-bond donors (Lipinski definition) is 1. The summed E-state index contributed by atoms with van der Waals surface area (Å²) in [6.45, 7) is 4.19. The molecule has 4 nitrogen and oxygen atoms in total. The highest BCUT2D eigenvalue weighted by atomic mass is 35.5. The van der Waals surface area contributed by atoms with E-state index >= 15 is 0 Å². The molecular weight excluding hydrogens is 455 g/mol. The fourth-order valence-corrected chi connectivity index (χ4v) is 4.83. The van der Waals surface area contributed by atoms with Gasteiger partial charge in [-0.1, -0.05) is 23.7 Å². The molecule has 0 amide bonds. The van der Waals surface area contributed by atoms with Crippen LogP contribution in [0.25, 0.3) is 5.69 Å². The summed E-state index contributed by atoms with van der Waals surface area (Å²) in [5.41, 5.74) is 6.07. The summed E-state index contributed by atoms with van der Waals surface area (Å²) in [5.74, 6) is -0.444. The second-order valence-corrected chi connectivity index (χ2v) is 8.96. The summed E-state index contributed by atoms with van der Waals surface area (Å²) < 4.78 is 15.9. The largest absolute Gasteiger partial charge is 0.351 e. The molecule has 33 heavy (non-hydrogen) atoms. The van der Waals surface area contributed by atoms with E-state index in [2.05, 4.69) is 53.3 Å². The van der Waals surface area contributed by atoms with Gasteiger partial charge in [-0.2, -0.15) is 0 Å². The lowest BCUT2D eigenvalue weighted by Gasteiger charge is -2.29. The molecule has 3 heterocycles. The standard InChI is InChI=1S/C26H22ClFN4S/c1-16-8-9-19(14-17(16)2)32-25(24(30-26(32)33)22-6-3-4-12-29-22)23-7-5-13-31(23)18-10-11-21(28)20(27)15-18/h3-15,24-25H,1-2H3,(H,30,33). The van der Waals surface area contributed by atoms with Crippen molar-refractivity contribution in [2.24, 2.45) is 0 Å². The first-order chi connectivity index (χ1) is 15.9. The Morgan fingerprint density at radius 3 is 2.52 bits per heavy atom. The number of benzene rings is 2. The molecule has 1 fully saturated rings. The number of aromatic nitrogens is 2. The summed E-state index contributed by atoms with van der Waals surface area (Å²) in [5, 5.41) is 4.20. The summed E-state index contributed by atoms with van der Waals surface area (Å²) in [6.07, 6.45) is 3.74. The van der Waals surface area contributed by atoms with Crippen LogP contribution in [0.15, 0.2) is 79.1 Å². The zero-order valence-electron chi connectivity index (χ0n) is 18.2. The van der Waals surface area contributed by atoms with Crippen LogP contribution >= 0.6 is 23.8 Å².